The van der Waals surface area contributed by atoms with E-state index in [-0.39, 0.29) is 5.91 Å². The first-order valence-electron chi connectivity index (χ1n) is 7.47. The summed E-state index contributed by atoms with van der Waals surface area (Å²) in [7, 11) is 0. The SMILES string of the molecule is CC(CN)CN1CCCN(C(=O)c2ccccc2)CC1. The van der Waals surface area contributed by atoms with Crippen molar-refractivity contribution in [1.29, 1.82) is 0 Å². The lowest BCUT2D eigenvalue weighted by atomic mass is 10.1. The van der Waals surface area contributed by atoms with E-state index in [1.807, 2.05) is 35.2 Å². The van der Waals surface area contributed by atoms with Gasteiger partial charge in [-0.2, -0.15) is 0 Å². The van der Waals surface area contributed by atoms with E-state index < -0.39 is 0 Å². The summed E-state index contributed by atoms with van der Waals surface area (Å²) in [4.78, 5) is 16.8. The monoisotopic (exact) mass is 275 g/mol. The molecule has 1 aliphatic heterocycles. The summed E-state index contributed by atoms with van der Waals surface area (Å²) in [6, 6.07) is 9.55. The normalized spacial score (nSPS) is 18.6. The predicted molar refractivity (Wildman–Crippen MR) is 81.6 cm³/mol. The molecule has 0 spiro atoms. The van der Waals surface area contributed by atoms with Gasteiger partial charge in [-0.3, -0.25) is 4.79 Å². The Balaban J connectivity index is 1.91. The second-order valence-electron chi connectivity index (χ2n) is 5.65. The Morgan fingerprint density at radius 2 is 1.95 bits per heavy atom. The Labute approximate surface area is 121 Å². The highest BCUT2D eigenvalue weighted by Gasteiger charge is 2.20. The van der Waals surface area contributed by atoms with Gasteiger partial charge in [-0.1, -0.05) is 25.1 Å². The third-order valence-electron chi connectivity index (χ3n) is 3.87. The maximum atomic E-state index is 12.4. The molecule has 1 atom stereocenters. The molecule has 1 heterocycles. The van der Waals surface area contributed by atoms with Crippen molar-refractivity contribution in [3.05, 3.63) is 35.9 Å². The van der Waals surface area contributed by atoms with Crippen LogP contribution in [0.1, 0.15) is 23.7 Å². The van der Waals surface area contributed by atoms with Crippen LogP contribution in [0.2, 0.25) is 0 Å². The van der Waals surface area contributed by atoms with Gasteiger partial charge in [-0.15, -0.1) is 0 Å². The molecule has 0 aromatic heterocycles. The summed E-state index contributed by atoms with van der Waals surface area (Å²) in [5.74, 6) is 0.672. The smallest absolute Gasteiger partial charge is 0.253 e. The number of nitrogens with two attached hydrogens (primary N) is 1. The number of benzene rings is 1. The van der Waals surface area contributed by atoms with Crippen molar-refractivity contribution in [3.8, 4) is 0 Å². The first kappa shape index (κ1) is 15.0. The van der Waals surface area contributed by atoms with Gasteiger partial charge >= 0.3 is 0 Å². The van der Waals surface area contributed by atoms with Gasteiger partial charge in [0.1, 0.15) is 0 Å². The molecule has 0 aliphatic carbocycles. The Bertz CT molecular complexity index is 421. The van der Waals surface area contributed by atoms with Crippen LogP contribution in [0.25, 0.3) is 0 Å². The zero-order valence-electron chi connectivity index (χ0n) is 12.3. The van der Waals surface area contributed by atoms with Crippen LogP contribution in [0.3, 0.4) is 0 Å². The van der Waals surface area contributed by atoms with Gasteiger partial charge in [0.25, 0.3) is 5.91 Å². The average Bonchev–Trinajstić information content (AvgIpc) is 2.73. The van der Waals surface area contributed by atoms with Gasteiger partial charge in [-0.25, -0.2) is 0 Å². The van der Waals surface area contributed by atoms with Crippen LogP contribution in [0.4, 0.5) is 0 Å². The van der Waals surface area contributed by atoms with E-state index in [4.69, 9.17) is 5.73 Å². The summed E-state index contributed by atoms with van der Waals surface area (Å²) < 4.78 is 0. The maximum absolute atomic E-state index is 12.4. The van der Waals surface area contributed by atoms with Crippen LogP contribution in [0.5, 0.6) is 0 Å². The largest absolute Gasteiger partial charge is 0.337 e. The van der Waals surface area contributed by atoms with Crippen LogP contribution < -0.4 is 5.73 Å². The van der Waals surface area contributed by atoms with Gasteiger partial charge in [0.2, 0.25) is 0 Å². The number of carbonyl (C=O) groups is 1. The van der Waals surface area contributed by atoms with Crippen molar-refractivity contribution >= 4 is 5.91 Å². The minimum Gasteiger partial charge on any atom is -0.337 e. The Kier molecular flexibility index (Phi) is 5.56. The molecule has 1 saturated heterocycles. The Morgan fingerprint density at radius 1 is 1.20 bits per heavy atom. The molecule has 4 heteroatoms. The number of rotatable bonds is 4. The van der Waals surface area contributed by atoms with E-state index in [9.17, 15) is 4.79 Å². The lowest BCUT2D eigenvalue weighted by Crippen LogP contribution is -2.37. The van der Waals surface area contributed by atoms with Crippen LogP contribution >= 0.6 is 0 Å². The fraction of sp³-hybridized carbons (Fsp3) is 0.562. The molecule has 2 rings (SSSR count). The van der Waals surface area contributed by atoms with E-state index in [1.54, 1.807) is 0 Å². The molecule has 4 nitrogen and oxygen atoms in total. The fourth-order valence-electron chi connectivity index (χ4n) is 2.64. The second-order valence-corrected chi connectivity index (χ2v) is 5.65. The Morgan fingerprint density at radius 3 is 2.65 bits per heavy atom. The lowest BCUT2D eigenvalue weighted by molar-refractivity contribution is 0.0761. The van der Waals surface area contributed by atoms with Crippen molar-refractivity contribution in [2.45, 2.75) is 13.3 Å². The van der Waals surface area contributed by atoms with Gasteiger partial charge in [0, 0.05) is 31.7 Å². The van der Waals surface area contributed by atoms with Crippen LogP contribution in [-0.4, -0.2) is 55.0 Å². The molecule has 1 amide bonds. The molecule has 2 N–H and O–H groups in total. The molecule has 110 valence electrons. The van der Waals surface area contributed by atoms with Crippen LogP contribution in [-0.2, 0) is 0 Å². The number of nitrogens with zero attached hydrogens (tertiary/aromatic N) is 2. The zero-order chi connectivity index (χ0) is 14.4. The molecule has 1 aliphatic rings. The summed E-state index contributed by atoms with van der Waals surface area (Å²) in [5, 5.41) is 0. The molecule has 1 aromatic rings. The number of carbonyl (C=O) groups excluding carboxylic acids is 1. The van der Waals surface area contributed by atoms with Crippen molar-refractivity contribution in [1.82, 2.24) is 9.80 Å². The number of amides is 1. The summed E-state index contributed by atoms with van der Waals surface area (Å²) in [5.41, 5.74) is 6.48. The van der Waals surface area contributed by atoms with E-state index in [0.717, 1.165) is 51.3 Å². The summed E-state index contributed by atoms with van der Waals surface area (Å²) in [6.45, 7) is 7.60. The van der Waals surface area contributed by atoms with Crippen molar-refractivity contribution < 1.29 is 4.79 Å². The average molecular weight is 275 g/mol. The molecular weight excluding hydrogens is 250 g/mol. The standard InChI is InChI=1S/C16H25N3O/c1-14(12-17)13-18-8-5-9-19(11-10-18)16(20)15-6-3-2-4-7-15/h2-4,6-7,14H,5,8-13,17H2,1H3. The molecule has 1 aromatic carbocycles. The van der Waals surface area contributed by atoms with E-state index in [0.29, 0.717) is 5.92 Å². The lowest BCUT2D eigenvalue weighted by Gasteiger charge is -2.24. The molecule has 0 radical (unpaired) electrons. The van der Waals surface area contributed by atoms with Crippen LogP contribution in [0.15, 0.2) is 30.3 Å². The van der Waals surface area contributed by atoms with Gasteiger partial charge in [0.05, 0.1) is 0 Å². The molecule has 1 unspecified atom stereocenters. The number of hydrogen-bond acceptors (Lipinski definition) is 3. The highest BCUT2D eigenvalue weighted by Crippen LogP contribution is 2.10. The van der Waals surface area contributed by atoms with Gasteiger partial charge < -0.3 is 15.5 Å². The maximum Gasteiger partial charge on any atom is 0.253 e. The highest BCUT2D eigenvalue weighted by atomic mass is 16.2. The summed E-state index contributed by atoms with van der Waals surface area (Å²) >= 11 is 0. The first-order chi connectivity index (χ1) is 9.70. The van der Waals surface area contributed by atoms with Gasteiger partial charge in [0.15, 0.2) is 0 Å². The van der Waals surface area contributed by atoms with Crippen LogP contribution in [0, 0.1) is 5.92 Å². The first-order valence-corrected chi connectivity index (χ1v) is 7.47. The third kappa shape index (κ3) is 4.05. The Hall–Kier alpha value is -1.39. The fourth-order valence-corrected chi connectivity index (χ4v) is 2.64. The van der Waals surface area contributed by atoms with Crippen molar-refractivity contribution in [3.63, 3.8) is 0 Å². The predicted octanol–water partition coefficient (Wildman–Crippen LogP) is 1.43. The minimum atomic E-state index is 0.152. The quantitative estimate of drug-likeness (QED) is 0.904. The highest BCUT2D eigenvalue weighted by molar-refractivity contribution is 5.94. The van der Waals surface area contributed by atoms with Crippen molar-refractivity contribution in [2.24, 2.45) is 11.7 Å². The molecular formula is C16H25N3O. The van der Waals surface area contributed by atoms with Gasteiger partial charge in [-0.05, 0) is 37.6 Å². The molecule has 20 heavy (non-hydrogen) atoms. The topological polar surface area (TPSA) is 49.6 Å². The molecule has 0 saturated carbocycles. The number of hydrogen-bond donors (Lipinski definition) is 1. The third-order valence-corrected chi connectivity index (χ3v) is 3.87. The second kappa shape index (κ2) is 7.41. The van der Waals surface area contributed by atoms with E-state index in [1.165, 1.54) is 0 Å². The zero-order valence-corrected chi connectivity index (χ0v) is 12.3. The molecule has 0 bridgehead atoms. The van der Waals surface area contributed by atoms with E-state index in [2.05, 4.69) is 11.8 Å². The van der Waals surface area contributed by atoms with E-state index >= 15 is 0 Å². The summed E-state index contributed by atoms with van der Waals surface area (Å²) in [6.07, 6.45) is 1.04. The minimum absolute atomic E-state index is 0.152. The van der Waals surface area contributed by atoms with Crippen molar-refractivity contribution in [2.75, 3.05) is 39.3 Å². The molecule has 1 fully saturated rings.